The number of benzene rings is 1. The van der Waals surface area contributed by atoms with Crippen LogP contribution in [-0.2, 0) is 11.4 Å². The SMILES string of the molecule is CC(C)NC(=O)C(C)Oc1c(Cl)cccc1CO. The molecule has 0 radical (unpaired) electrons. The van der Waals surface area contributed by atoms with Gasteiger partial charge in [0.15, 0.2) is 6.10 Å². The Bertz CT molecular complexity index is 421. The number of hydrogen-bond donors (Lipinski definition) is 2. The van der Waals surface area contributed by atoms with Gasteiger partial charge in [0.2, 0.25) is 0 Å². The highest BCUT2D eigenvalue weighted by Gasteiger charge is 2.18. The Labute approximate surface area is 112 Å². The molecular formula is C13H18ClNO3. The molecule has 0 saturated carbocycles. The van der Waals surface area contributed by atoms with Gasteiger partial charge in [-0.15, -0.1) is 0 Å². The number of carbonyl (C=O) groups is 1. The molecule has 5 heteroatoms. The van der Waals surface area contributed by atoms with Crippen LogP contribution in [0.1, 0.15) is 26.3 Å². The summed E-state index contributed by atoms with van der Waals surface area (Å²) in [5, 5.41) is 12.3. The lowest BCUT2D eigenvalue weighted by atomic mass is 10.2. The number of ether oxygens (including phenoxy) is 1. The lowest BCUT2D eigenvalue weighted by molar-refractivity contribution is -0.127. The van der Waals surface area contributed by atoms with Crippen LogP contribution in [0.25, 0.3) is 0 Å². The predicted molar refractivity (Wildman–Crippen MR) is 70.7 cm³/mol. The third-order valence-corrected chi connectivity index (χ3v) is 2.61. The Balaban J connectivity index is 2.81. The summed E-state index contributed by atoms with van der Waals surface area (Å²) >= 11 is 5.99. The van der Waals surface area contributed by atoms with E-state index in [1.54, 1.807) is 25.1 Å². The normalized spacial score (nSPS) is 12.3. The molecule has 100 valence electrons. The van der Waals surface area contributed by atoms with Crippen LogP contribution in [0, 0.1) is 0 Å². The van der Waals surface area contributed by atoms with Gasteiger partial charge in [-0.2, -0.15) is 0 Å². The van der Waals surface area contributed by atoms with Crippen molar-refractivity contribution in [2.45, 2.75) is 39.5 Å². The quantitative estimate of drug-likeness (QED) is 0.862. The summed E-state index contributed by atoms with van der Waals surface area (Å²) in [5.74, 6) is 0.141. The Morgan fingerprint density at radius 2 is 2.11 bits per heavy atom. The molecule has 0 heterocycles. The number of aliphatic hydroxyl groups excluding tert-OH is 1. The molecule has 0 saturated heterocycles. The summed E-state index contributed by atoms with van der Waals surface area (Å²) in [6.07, 6.45) is -0.669. The second-order valence-corrected chi connectivity index (χ2v) is 4.72. The van der Waals surface area contributed by atoms with E-state index < -0.39 is 6.10 Å². The second kappa shape index (κ2) is 6.61. The monoisotopic (exact) mass is 271 g/mol. The zero-order valence-electron chi connectivity index (χ0n) is 10.7. The van der Waals surface area contributed by atoms with Gasteiger partial charge in [0.05, 0.1) is 11.6 Å². The lowest BCUT2D eigenvalue weighted by Crippen LogP contribution is -2.40. The van der Waals surface area contributed by atoms with Gasteiger partial charge in [-0.3, -0.25) is 4.79 Å². The average molecular weight is 272 g/mol. The Morgan fingerprint density at radius 1 is 1.44 bits per heavy atom. The molecule has 2 N–H and O–H groups in total. The van der Waals surface area contributed by atoms with E-state index in [1.165, 1.54) is 0 Å². The summed E-state index contributed by atoms with van der Waals surface area (Å²) in [6, 6.07) is 5.13. The number of para-hydroxylation sites is 1. The molecule has 0 fully saturated rings. The maximum atomic E-state index is 11.7. The minimum Gasteiger partial charge on any atom is -0.479 e. The van der Waals surface area contributed by atoms with Crippen LogP contribution < -0.4 is 10.1 Å². The fraction of sp³-hybridized carbons (Fsp3) is 0.462. The minimum absolute atomic E-state index is 0.0482. The molecule has 1 rings (SSSR count). The van der Waals surface area contributed by atoms with Crippen molar-refractivity contribution in [3.8, 4) is 5.75 Å². The minimum atomic E-state index is -0.669. The van der Waals surface area contributed by atoms with Crippen LogP contribution in [0.15, 0.2) is 18.2 Å². The first-order chi connectivity index (χ1) is 8.45. The molecular weight excluding hydrogens is 254 g/mol. The summed E-state index contributed by atoms with van der Waals surface area (Å²) in [4.78, 5) is 11.7. The number of hydrogen-bond acceptors (Lipinski definition) is 3. The van der Waals surface area contributed by atoms with E-state index >= 15 is 0 Å². The highest BCUT2D eigenvalue weighted by molar-refractivity contribution is 6.32. The average Bonchev–Trinajstić information content (AvgIpc) is 2.30. The number of nitrogens with one attached hydrogen (secondary N) is 1. The molecule has 18 heavy (non-hydrogen) atoms. The van der Waals surface area contributed by atoms with E-state index in [9.17, 15) is 9.90 Å². The molecule has 0 aliphatic rings. The first-order valence-corrected chi connectivity index (χ1v) is 6.18. The standard InChI is InChI=1S/C13H18ClNO3/c1-8(2)15-13(17)9(3)18-12-10(7-16)5-4-6-11(12)14/h4-6,8-9,16H,7H2,1-3H3,(H,15,17). The van der Waals surface area contributed by atoms with Crippen LogP contribution in [0.2, 0.25) is 5.02 Å². The first-order valence-electron chi connectivity index (χ1n) is 5.81. The van der Waals surface area contributed by atoms with E-state index in [-0.39, 0.29) is 18.6 Å². The number of rotatable bonds is 5. The van der Waals surface area contributed by atoms with Crippen LogP contribution in [0.3, 0.4) is 0 Å². The Hall–Kier alpha value is -1.26. The maximum absolute atomic E-state index is 11.7. The molecule has 0 aliphatic carbocycles. The van der Waals surface area contributed by atoms with E-state index in [1.807, 2.05) is 13.8 Å². The zero-order valence-corrected chi connectivity index (χ0v) is 11.5. The second-order valence-electron chi connectivity index (χ2n) is 4.31. The smallest absolute Gasteiger partial charge is 0.260 e. The number of aliphatic hydroxyl groups is 1. The highest BCUT2D eigenvalue weighted by atomic mass is 35.5. The molecule has 0 aliphatic heterocycles. The van der Waals surface area contributed by atoms with E-state index in [0.717, 1.165) is 0 Å². The fourth-order valence-corrected chi connectivity index (χ4v) is 1.68. The van der Waals surface area contributed by atoms with Crippen LogP contribution in [0.4, 0.5) is 0 Å². The van der Waals surface area contributed by atoms with Crippen molar-refractivity contribution in [1.29, 1.82) is 0 Å². The van der Waals surface area contributed by atoms with E-state index in [0.29, 0.717) is 16.3 Å². The van der Waals surface area contributed by atoms with Gasteiger partial charge in [0, 0.05) is 11.6 Å². The summed E-state index contributed by atoms with van der Waals surface area (Å²) in [6.45, 7) is 5.20. The van der Waals surface area contributed by atoms with E-state index in [2.05, 4.69) is 5.32 Å². The lowest BCUT2D eigenvalue weighted by Gasteiger charge is -2.18. The molecule has 1 aromatic rings. The van der Waals surface area contributed by atoms with Crippen molar-refractivity contribution in [3.05, 3.63) is 28.8 Å². The van der Waals surface area contributed by atoms with Gasteiger partial charge < -0.3 is 15.2 Å². The molecule has 0 bridgehead atoms. The Morgan fingerprint density at radius 3 is 2.67 bits per heavy atom. The van der Waals surface area contributed by atoms with E-state index in [4.69, 9.17) is 16.3 Å². The summed E-state index contributed by atoms with van der Waals surface area (Å²) in [7, 11) is 0. The molecule has 1 atom stereocenters. The van der Waals surface area contributed by atoms with Crippen LogP contribution >= 0.6 is 11.6 Å². The number of amides is 1. The van der Waals surface area contributed by atoms with Crippen molar-refractivity contribution in [3.63, 3.8) is 0 Å². The number of carbonyl (C=O) groups excluding carboxylic acids is 1. The fourth-order valence-electron chi connectivity index (χ4n) is 1.44. The highest BCUT2D eigenvalue weighted by Crippen LogP contribution is 2.29. The molecule has 1 unspecified atom stereocenters. The van der Waals surface area contributed by atoms with Gasteiger partial charge in [-0.05, 0) is 26.8 Å². The largest absolute Gasteiger partial charge is 0.479 e. The van der Waals surface area contributed by atoms with Crippen molar-refractivity contribution in [1.82, 2.24) is 5.32 Å². The zero-order chi connectivity index (χ0) is 13.7. The first kappa shape index (κ1) is 14.8. The van der Waals surface area contributed by atoms with Crippen molar-refractivity contribution in [2.24, 2.45) is 0 Å². The molecule has 1 aromatic carbocycles. The van der Waals surface area contributed by atoms with Crippen LogP contribution in [0.5, 0.6) is 5.75 Å². The molecule has 0 aromatic heterocycles. The Kier molecular flexibility index (Phi) is 5.44. The predicted octanol–water partition coefficient (Wildman–Crippen LogP) is 2.12. The van der Waals surface area contributed by atoms with Gasteiger partial charge in [-0.25, -0.2) is 0 Å². The van der Waals surface area contributed by atoms with Crippen molar-refractivity contribution < 1.29 is 14.6 Å². The van der Waals surface area contributed by atoms with Crippen LogP contribution in [-0.4, -0.2) is 23.2 Å². The maximum Gasteiger partial charge on any atom is 0.260 e. The summed E-state index contributed by atoms with van der Waals surface area (Å²) in [5.41, 5.74) is 0.562. The van der Waals surface area contributed by atoms with Gasteiger partial charge >= 0.3 is 0 Å². The third kappa shape index (κ3) is 3.89. The van der Waals surface area contributed by atoms with Gasteiger partial charge in [0.1, 0.15) is 5.75 Å². The summed E-state index contributed by atoms with van der Waals surface area (Å²) < 4.78 is 5.53. The topological polar surface area (TPSA) is 58.6 Å². The van der Waals surface area contributed by atoms with Gasteiger partial charge in [-0.1, -0.05) is 23.7 Å². The van der Waals surface area contributed by atoms with Crippen molar-refractivity contribution >= 4 is 17.5 Å². The number of halogens is 1. The third-order valence-electron chi connectivity index (χ3n) is 2.31. The molecule has 1 amide bonds. The van der Waals surface area contributed by atoms with Crippen molar-refractivity contribution in [2.75, 3.05) is 0 Å². The molecule has 4 nitrogen and oxygen atoms in total. The van der Waals surface area contributed by atoms with Gasteiger partial charge in [0.25, 0.3) is 5.91 Å². The molecule has 0 spiro atoms.